The van der Waals surface area contributed by atoms with Crippen molar-refractivity contribution in [2.24, 2.45) is 28.4 Å². The lowest BCUT2D eigenvalue weighted by Gasteiger charge is -2.59. The van der Waals surface area contributed by atoms with E-state index < -0.39 is 0 Å². The SMILES string of the molecule is CC1(C)[C@@H]2CC[C@@]1(C)[C@@]([C@@H](CN)CO)(N1CCOCC1)C2. The summed E-state index contributed by atoms with van der Waals surface area (Å²) < 4.78 is 5.58. The van der Waals surface area contributed by atoms with Gasteiger partial charge in [-0.05, 0) is 42.6 Å². The fourth-order valence-electron chi connectivity index (χ4n) is 6.07. The van der Waals surface area contributed by atoms with Crippen molar-refractivity contribution in [3.05, 3.63) is 0 Å². The third-order valence-electron chi connectivity index (χ3n) is 7.70. The Balaban J connectivity index is 2.06. The van der Waals surface area contributed by atoms with Crippen LogP contribution in [0.4, 0.5) is 0 Å². The third-order valence-corrected chi connectivity index (χ3v) is 7.70. The molecule has 0 aromatic heterocycles. The average Bonchev–Trinajstić information content (AvgIpc) is 2.81. The Kier molecular flexibility index (Phi) is 3.89. The van der Waals surface area contributed by atoms with Gasteiger partial charge < -0.3 is 15.6 Å². The number of rotatable bonds is 4. The topological polar surface area (TPSA) is 58.7 Å². The predicted octanol–water partition coefficient (Wildman–Crippen LogP) is 1.47. The molecule has 1 saturated heterocycles. The molecule has 0 amide bonds. The van der Waals surface area contributed by atoms with Crippen molar-refractivity contribution in [3.8, 4) is 0 Å². The molecule has 0 spiro atoms. The fraction of sp³-hybridized carbons (Fsp3) is 1.00. The van der Waals surface area contributed by atoms with Gasteiger partial charge in [-0.2, -0.15) is 0 Å². The van der Waals surface area contributed by atoms with Crippen LogP contribution in [0.2, 0.25) is 0 Å². The highest BCUT2D eigenvalue weighted by atomic mass is 16.5. The van der Waals surface area contributed by atoms with Gasteiger partial charge in [-0.25, -0.2) is 0 Å². The summed E-state index contributed by atoms with van der Waals surface area (Å²) in [7, 11) is 0. The Morgan fingerprint density at radius 3 is 2.38 bits per heavy atom. The lowest BCUT2D eigenvalue weighted by atomic mass is 9.57. The Morgan fingerprint density at radius 2 is 1.95 bits per heavy atom. The molecular weight excluding hydrogens is 264 g/mol. The number of aliphatic hydroxyl groups excluding tert-OH is 1. The number of ether oxygens (including phenoxy) is 1. The second-order valence-corrected chi connectivity index (χ2v) is 8.13. The van der Waals surface area contributed by atoms with Gasteiger partial charge in [0.05, 0.1) is 13.2 Å². The van der Waals surface area contributed by atoms with Crippen LogP contribution in [0.1, 0.15) is 40.0 Å². The average molecular weight is 296 g/mol. The quantitative estimate of drug-likeness (QED) is 0.825. The largest absolute Gasteiger partial charge is 0.396 e. The minimum atomic E-state index is 0.0483. The molecule has 4 atom stereocenters. The molecule has 3 fully saturated rings. The Morgan fingerprint density at radius 1 is 1.29 bits per heavy atom. The first-order valence-electron chi connectivity index (χ1n) is 8.58. The van der Waals surface area contributed by atoms with E-state index in [0.717, 1.165) is 32.2 Å². The van der Waals surface area contributed by atoms with Gasteiger partial charge in [0.15, 0.2) is 0 Å². The first-order chi connectivity index (χ1) is 9.94. The normalized spacial score (nSPS) is 44.1. The molecule has 0 unspecified atom stereocenters. The summed E-state index contributed by atoms with van der Waals surface area (Å²) in [5.74, 6) is 0.927. The number of fused-ring (bicyclic) bond motifs is 2. The molecule has 1 aliphatic heterocycles. The summed E-state index contributed by atoms with van der Waals surface area (Å²) in [6.07, 6.45) is 3.79. The van der Waals surface area contributed by atoms with E-state index in [2.05, 4.69) is 25.7 Å². The molecule has 2 aliphatic carbocycles. The Hall–Kier alpha value is -0.160. The van der Waals surface area contributed by atoms with Crippen LogP contribution >= 0.6 is 0 Å². The van der Waals surface area contributed by atoms with E-state index in [1.807, 2.05) is 0 Å². The molecule has 1 heterocycles. The van der Waals surface area contributed by atoms with Crippen LogP contribution < -0.4 is 5.73 Å². The summed E-state index contributed by atoms with van der Waals surface area (Å²) in [5, 5.41) is 10.1. The Bertz CT molecular complexity index is 390. The van der Waals surface area contributed by atoms with E-state index in [1.165, 1.54) is 19.3 Å². The van der Waals surface area contributed by atoms with Crippen LogP contribution in [-0.4, -0.2) is 55.0 Å². The molecule has 2 bridgehead atoms. The van der Waals surface area contributed by atoms with Crippen molar-refractivity contribution >= 4 is 0 Å². The van der Waals surface area contributed by atoms with Gasteiger partial charge in [0.25, 0.3) is 0 Å². The van der Waals surface area contributed by atoms with E-state index in [0.29, 0.717) is 12.0 Å². The van der Waals surface area contributed by atoms with Crippen LogP contribution in [0.3, 0.4) is 0 Å². The van der Waals surface area contributed by atoms with Crippen LogP contribution in [0, 0.1) is 22.7 Å². The van der Waals surface area contributed by atoms with Crippen molar-refractivity contribution in [1.29, 1.82) is 0 Å². The first kappa shape index (κ1) is 15.7. The van der Waals surface area contributed by atoms with E-state index in [9.17, 15) is 5.11 Å². The smallest absolute Gasteiger partial charge is 0.0594 e. The second-order valence-electron chi connectivity index (χ2n) is 8.13. The molecule has 0 aromatic rings. The molecule has 0 aromatic carbocycles. The fourth-order valence-corrected chi connectivity index (χ4v) is 6.07. The standard InChI is InChI=1S/C17H32N2O2/c1-15(2)13-4-5-16(15,3)17(10-13,14(11-18)12-20)19-6-8-21-9-7-19/h13-14,20H,4-12,18H2,1-3H3/t13-,14+,16-,17-/m1/s1. The van der Waals surface area contributed by atoms with Crippen molar-refractivity contribution in [2.45, 2.75) is 45.6 Å². The molecule has 3 rings (SSSR count). The zero-order valence-corrected chi connectivity index (χ0v) is 13.9. The van der Waals surface area contributed by atoms with Gasteiger partial charge in [0.1, 0.15) is 0 Å². The Labute approximate surface area is 129 Å². The maximum absolute atomic E-state index is 10.1. The molecule has 0 radical (unpaired) electrons. The van der Waals surface area contributed by atoms with Gasteiger partial charge in [-0.3, -0.25) is 4.90 Å². The highest BCUT2D eigenvalue weighted by Crippen LogP contribution is 2.72. The van der Waals surface area contributed by atoms with Gasteiger partial charge in [-0.15, -0.1) is 0 Å². The number of morpholine rings is 1. The monoisotopic (exact) mass is 296 g/mol. The van der Waals surface area contributed by atoms with Gasteiger partial charge in [0.2, 0.25) is 0 Å². The van der Waals surface area contributed by atoms with Crippen LogP contribution in [-0.2, 0) is 4.74 Å². The lowest BCUT2D eigenvalue weighted by Crippen LogP contribution is -2.67. The van der Waals surface area contributed by atoms with Gasteiger partial charge in [-0.1, -0.05) is 20.8 Å². The molecule has 2 saturated carbocycles. The lowest BCUT2D eigenvalue weighted by molar-refractivity contribution is -0.125. The number of nitrogens with zero attached hydrogens (tertiary/aromatic N) is 1. The zero-order chi connectivity index (χ0) is 15.3. The van der Waals surface area contributed by atoms with Crippen LogP contribution in [0.25, 0.3) is 0 Å². The molecule has 3 aliphatic rings. The summed E-state index contributed by atoms with van der Waals surface area (Å²) in [4.78, 5) is 2.63. The molecule has 122 valence electrons. The molecule has 3 N–H and O–H groups in total. The zero-order valence-electron chi connectivity index (χ0n) is 13.9. The van der Waals surface area contributed by atoms with Crippen molar-refractivity contribution in [3.63, 3.8) is 0 Å². The number of aliphatic hydroxyl groups is 1. The minimum absolute atomic E-state index is 0.0483. The molecular formula is C17H32N2O2. The van der Waals surface area contributed by atoms with Crippen molar-refractivity contribution in [2.75, 3.05) is 39.5 Å². The number of hydrogen-bond acceptors (Lipinski definition) is 4. The van der Waals surface area contributed by atoms with E-state index >= 15 is 0 Å². The van der Waals surface area contributed by atoms with Crippen molar-refractivity contribution in [1.82, 2.24) is 4.90 Å². The number of hydrogen-bond donors (Lipinski definition) is 2. The highest BCUT2D eigenvalue weighted by Gasteiger charge is 2.71. The molecule has 21 heavy (non-hydrogen) atoms. The van der Waals surface area contributed by atoms with E-state index in [1.54, 1.807) is 0 Å². The van der Waals surface area contributed by atoms with Gasteiger partial charge in [0, 0.05) is 31.2 Å². The highest BCUT2D eigenvalue weighted by molar-refractivity contribution is 5.23. The summed E-state index contributed by atoms with van der Waals surface area (Å²) in [5.41, 5.74) is 6.72. The van der Waals surface area contributed by atoms with E-state index in [-0.39, 0.29) is 23.5 Å². The summed E-state index contributed by atoms with van der Waals surface area (Å²) in [6.45, 7) is 11.7. The molecule has 4 nitrogen and oxygen atoms in total. The third kappa shape index (κ3) is 1.82. The van der Waals surface area contributed by atoms with E-state index in [4.69, 9.17) is 10.5 Å². The maximum Gasteiger partial charge on any atom is 0.0594 e. The predicted molar refractivity (Wildman–Crippen MR) is 84.0 cm³/mol. The number of nitrogens with two attached hydrogens (primary N) is 1. The van der Waals surface area contributed by atoms with Gasteiger partial charge >= 0.3 is 0 Å². The summed E-state index contributed by atoms with van der Waals surface area (Å²) in [6, 6.07) is 0. The first-order valence-corrected chi connectivity index (χ1v) is 8.58. The minimum Gasteiger partial charge on any atom is -0.396 e. The molecule has 4 heteroatoms. The van der Waals surface area contributed by atoms with Crippen LogP contribution in [0.15, 0.2) is 0 Å². The van der Waals surface area contributed by atoms with Crippen molar-refractivity contribution < 1.29 is 9.84 Å². The summed E-state index contributed by atoms with van der Waals surface area (Å²) >= 11 is 0. The maximum atomic E-state index is 10.1. The van der Waals surface area contributed by atoms with Crippen LogP contribution in [0.5, 0.6) is 0 Å². The second kappa shape index (κ2) is 5.19.